The summed E-state index contributed by atoms with van der Waals surface area (Å²) in [5.74, 6) is -1.37. The van der Waals surface area contributed by atoms with Crippen LogP contribution in [0, 0.1) is 19.7 Å². The van der Waals surface area contributed by atoms with E-state index in [0.717, 1.165) is 27.3 Å². The van der Waals surface area contributed by atoms with Crippen LogP contribution in [0.3, 0.4) is 0 Å². The van der Waals surface area contributed by atoms with E-state index >= 15 is 0 Å². The van der Waals surface area contributed by atoms with Gasteiger partial charge in [0.25, 0.3) is 0 Å². The van der Waals surface area contributed by atoms with Crippen molar-refractivity contribution in [2.45, 2.75) is 32.9 Å². The Balaban J connectivity index is 2.05. The lowest BCUT2D eigenvalue weighted by Crippen LogP contribution is -2.53. The van der Waals surface area contributed by atoms with Crippen molar-refractivity contribution in [2.24, 2.45) is 0 Å². The van der Waals surface area contributed by atoms with E-state index in [1.54, 1.807) is 19.1 Å². The summed E-state index contributed by atoms with van der Waals surface area (Å²) in [6, 6.07) is 19.2. The number of likely N-dealkylation sites (N-methyl/N-ethyl adjacent to an activating group) is 1. The van der Waals surface area contributed by atoms with Crippen LogP contribution in [0.1, 0.15) is 22.3 Å². The van der Waals surface area contributed by atoms with E-state index < -0.39 is 40.2 Å². The fraction of sp³-hybridized carbons (Fsp3) is 0.286. The number of sulfonamides is 1. The number of hydrogen-bond acceptors (Lipinski definition) is 4. The van der Waals surface area contributed by atoms with Crippen LogP contribution in [0.25, 0.3) is 0 Å². The molecule has 0 fully saturated rings. The van der Waals surface area contributed by atoms with Gasteiger partial charge < -0.3 is 10.2 Å². The summed E-state index contributed by atoms with van der Waals surface area (Å²) in [7, 11) is -2.35. The molecule has 0 aliphatic rings. The summed E-state index contributed by atoms with van der Waals surface area (Å²) in [5.41, 5.74) is 3.46. The fourth-order valence-corrected chi connectivity index (χ4v) is 5.01. The highest BCUT2D eigenvalue weighted by Crippen LogP contribution is 2.26. The molecular formula is C28H32FN3O4S. The topological polar surface area (TPSA) is 86.8 Å². The first-order valence-electron chi connectivity index (χ1n) is 11.8. The number of aryl methyl sites for hydroxylation is 1. The molecule has 9 heteroatoms. The third kappa shape index (κ3) is 7.16. The Hall–Kier alpha value is -3.72. The van der Waals surface area contributed by atoms with Crippen LogP contribution in [-0.2, 0) is 32.6 Å². The second-order valence-electron chi connectivity index (χ2n) is 8.96. The van der Waals surface area contributed by atoms with Crippen molar-refractivity contribution in [3.63, 3.8) is 0 Å². The van der Waals surface area contributed by atoms with Crippen molar-refractivity contribution < 1.29 is 22.4 Å². The van der Waals surface area contributed by atoms with E-state index in [-0.39, 0.29) is 13.0 Å². The molecule has 0 heterocycles. The van der Waals surface area contributed by atoms with Gasteiger partial charge in [0, 0.05) is 20.0 Å². The van der Waals surface area contributed by atoms with Gasteiger partial charge in [-0.3, -0.25) is 13.9 Å². The Bertz CT molecular complexity index is 1350. The van der Waals surface area contributed by atoms with Crippen LogP contribution in [-0.4, -0.2) is 51.0 Å². The minimum atomic E-state index is -3.84. The molecule has 0 aromatic heterocycles. The molecule has 7 nitrogen and oxygen atoms in total. The first-order chi connectivity index (χ1) is 17.5. The number of anilines is 1. The Morgan fingerprint density at radius 2 is 1.57 bits per heavy atom. The summed E-state index contributed by atoms with van der Waals surface area (Å²) >= 11 is 0. The van der Waals surface area contributed by atoms with Crippen molar-refractivity contribution in [1.82, 2.24) is 10.2 Å². The van der Waals surface area contributed by atoms with Crippen molar-refractivity contribution >= 4 is 27.5 Å². The van der Waals surface area contributed by atoms with Gasteiger partial charge >= 0.3 is 0 Å². The quantitative estimate of drug-likeness (QED) is 0.438. The van der Waals surface area contributed by atoms with Crippen molar-refractivity contribution in [1.29, 1.82) is 0 Å². The molecule has 3 aromatic rings. The molecule has 1 atom stereocenters. The third-order valence-electron chi connectivity index (χ3n) is 6.31. The molecule has 37 heavy (non-hydrogen) atoms. The lowest BCUT2D eigenvalue weighted by molar-refractivity contribution is -0.139. The zero-order valence-corrected chi connectivity index (χ0v) is 22.3. The van der Waals surface area contributed by atoms with Gasteiger partial charge in [-0.25, -0.2) is 12.8 Å². The van der Waals surface area contributed by atoms with Crippen molar-refractivity contribution in [3.8, 4) is 0 Å². The molecule has 3 aromatic carbocycles. The molecule has 0 saturated heterocycles. The normalized spacial score (nSPS) is 12.0. The molecule has 196 valence electrons. The number of carbonyl (C=O) groups excluding carboxylic acids is 2. The van der Waals surface area contributed by atoms with E-state index in [1.165, 1.54) is 36.2 Å². The number of amides is 2. The molecular weight excluding hydrogens is 493 g/mol. The van der Waals surface area contributed by atoms with Crippen molar-refractivity contribution in [2.75, 3.05) is 24.2 Å². The lowest BCUT2D eigenvalue weighted by atomic mass is 10.0. The largest absolute Gasteiger partial charge is 0.357 e. The van der Waals surface area contributed by atoms with Crippen LogP contribution in [0.2, 0.25) is 0 Å². The van der Waals surface area contributed by atoms with Crippen LogP contribution < -0.4 is 9.62 Å². The van der Waals surface area contributed by atoms with Gasteiger partial charge in [-0.1, -0.05) is 54.6 Å². The first-order valence-corrected chi connectivity index (χ1v) is 13.7. The van der Waals surface area contributed by atoms with Gasteiger partial charge in [-0.2, -0.15) is 0 Å². The minimum absolute atomic E-state index is 0.00552. The number of nitrogens with zero attached hydrogens (tertiary/aromatic N) is 2. The maximum Gasteiger partial charge on any atom is 0.244 e. The Morgan fingerprint density at radius 1 is 0.919 bits per heavy atom. The number of rotatable bonds is 10. The van der Waals surface area contributed by atoms with E-state index in [4.69, 9.17) is 0 Å². The molecule has 0 radical (unpaired) electrons. The smallest absolute Gasteiger partial charge is 0.244 e. The van der Waals surface area contributed by atoms with Gasteiger partial charge in [-0.05, 0) is 54.3 Å². The Kier molecular flexibility index (Phi) is 9.04. The molecule has 0 unspecified atom stereocenters. The SMILES string of the molecule is CNC(=O)[C@@H](Cc1ccccc1)N(Cc1ccc(F)cc1)C(=O)CN(c1cccc(C)c1C)S(C)(=O)=O. The molecule has 0 bridgehead atoms. The zero-order valence-electron chi connectivity index (χ0n) is 21.4. The zero-order chi connectivity index (χ0) is 27.2. The summed E-state index contributed by atoms with van der Waals surface area (Å²) < 4.78 is 40.3. The summed E-state index contributed by atoms with van der Waals surface area (Å²) in [6.07, 6.45) is 1.27. The second-order valence-corrected chi connectivity index (χ2v) is 10.9. The van der Waals surface area contributed by atoms with Gasteiger partial charge in [0.15, 0.2) is 0 Å². The van der Waals surface area contributed by atoms with Gasteiger partial charge in [0.05, 0.1) is 11.9 Å². The predicted molar refractivity (Wildman–Crippen MR) is 143 cm³/mol. The maximum absolute atomic E-state index is 13.9. The summed E-state index contributed by atoms with van der Waals surface area (Å²) in [6.45, 7) is 3.16. The minimum Gasteiger partial charge on any atom is -0.357 e. The molecule has 0 aliphatic heterocycles. The van der Waals surface area contributed by atoms with E-state index in [2.05, 4.69) is 5.32 Å². The van der Waals surface area contributed by atoms with Gasteiger partial charge in [-0.15, -0.1) is 0 Å². The summed E-state index contributed by atoms with van der Waals surface area (Å²) in [4.78, 5) is 28.3. The number of nitrogens with one attached hydrogen (secondary N) is 1. The highest BCUT2D eigenvalue weighted by atomic mass is 32.2. The number of hydrogen-bond donors (Lipinski definition) is 1. The monoisotopic (exact) mass is 525 g/mol. The molecule has 0 saturated carbocycles. The van der Waals surface area contributed by atoms with Crippen LogP contribution in [0.4, 0.5) is 10.1 Å². The number of halogens is 1. The van der Waals surface area contributed by atoms with Gasteiger partial charge in [0.1, 0.15) is 18.4 Å². The van der Waals surface area contributed by atoms with Crippen LogP contribution in [0.5, 0.6) is 0 Å². The fourth-order valence-electron chi connectivity index (χ4n) is 4.11. The second kappa shape index (κ2) is 12.0. The average molecular weight is 526 g/mol. The number of carbonyl (C=O) groups is 2. The van der Waals surface area contributed by atoms with E-state index in [9.17, 15) is 22.4 Å². The molecule has 1 N–H and O–H groups in total. The van der Waals surface area contributed by atoms with Crippen LogP contribution in [0.15, 0.2) is 72.8 Å². The molecule has 0 spiro atoms. The lowest BCUT2D eigenvalue weighted by Gasteiger charge is -2.33. The average Bonchev–Trinajstić information content (AvgIpc) is 2.87. The van der Waals surface area contributed by atoms with E-state index in [0.29, 0.717) is 11.3 Å². The molecule has 3 rings (SSSR count). The van der Waals surface area contributed by atoms with Crippen LogP contribution >= 0.6 is 0 Å². The van der Waals surface area contributed by atoms with E-state index in [1.807, 2.05) is 43.3 Å². The van der Waals surface area contributed by atoms with Gasteiger partial charge in [0.2, 0.25) is 21.8 Å². The first kappa shape index (κ1) is 27.9. The van der Waals surface area contributed by atoms with Crippen molar-refractivity contribution in [3.05, 3.63) is 101 Å². The Labute approximate surface area is 218 Å². The number of benzene rings is 3. The highest BCUT2D eigenvalue weighted by Gasteiger charge is 2.33. The maximum atomic E-state index is 13.9. The standard InChI is InChI=1S/C28H32FN3O4S/c1-20-9-8-12-25(21(20)2)32(37(4,35)36)19-27(33)31(18-23-13-15-24(29)16-14-23)26(28(34)30-3)17-22-10-6-5-7-11-22/h5-16,26H,17-19H2,1-4H3,(H,30,34)/t26-/m1/s1. The highest BCUT2D eigenvalue weighted by molar-refractivity contribution is 7.92. The Morgan fingerprint density at radius 3 is 2.16 bits per heavy atom. The summed E-state index contributed by atoms with van der Waals surface area (Å²) in [5, 5.41) is 2.62. The third-order valence-corrected chi connectivity index (χ3v) is 7.43. The molecule has 2 amide bonds. The predicted octanol–water partition coefficient (Wildman–Crippen LogP) is 3.59. The molecule has 0 aliphatic carbocycles.